The van der Waals surface area contributed by atoms with Crippen molar-refractivity contribution in [2.45, 2.75) is 13.0 Å². The lowest BCUT2D eigenvalue weighted by Gasteiger charge is -2.19. The molecule has 36 heavy (non-hydrogen) atoms. The first-order chi connectivity index (χ1) is 17.5. The molecule has 0 fully saturated rings. The summed E-state index contributed by atoms with van der Waals surface area (Å²) < 4.78 is 14.3. The van der Waals surface area contributed by atoms with Crippen molar-refractivity contribution in [2.24, 2.45) is 4.99 Å². The summed E-state index contributed by atoms with van der Waals surface area (Å²) in [5, 5.41) is 0.647. The second kappa shape index (κ2) is 10.5. The minimum atomic E-state index is -0.308. The Bertz CT molecular complexity index is 1630. The van der Waals surface area contributed by atoms with E-state index in [0.29, 0.717) is 32.5 Å². The minimum Gasteiger partial charge on any atom is -0.493 e. The van der Waals surface area contributed by atoms with E-state index in [0.717, 1.165) is 26.9 Å². The number of aromatic nitrogens is 1. The van der Waals surface area contributed by atoms with Gasteiger partial charge in [0.1, 0.15) is 0 Å². The normalized spacial score (nSPS) is 15.2. The number of rotatable bonds is 6. The Morgan fingerprint density at radius 1 is 1.14 bits per heavy atom. The van der Waals surface area contributed by atoms with Gasteiger partial charge in [0.15, 0.2) is 16.3 Å². The predicted molar refractivity (Wildman–Crippen MR) is 149 cm³/mol. The van der Waals surface area contributed by atoms with Gasteiger partial charge in [-0.3, -0.25) is 9.36 Å². The molecule has 1 aromatic heterocycles. The number of nitrogens with zero attached hydrogens (tertiary/aromatic N) is 2. The average Bonchev–Trinajstić information content (AvgIpc) is 3.20. The number of benzene rings is 3. The van der Waals surface area contributed by atoms with Gasteiger partial charge in [-0.05, 0) is 76.0 Å². The Hall–Kier alpha value is -3.13. The van der Waals surface area contributed by atoms with Crippen molar-refractivity contribution in [1.29, 1.82) is 0 Å². The molecular weight excluding hydrogens is 560 g/mol. The van der Waals surface area contributed by atoms with Gasteiger partial charge in [0, 0.05) is 5.02 Å². The zero-order valence-electron chi connectivity index (χ0n) is 19.6. The predicted octanol–water partition coefficient (Wildman–Crippen LogP) is 5.83. The Balaban J connectivity index is 1.69. The molecule has 5 nitrogen and oxygen atoms in total. The number of fused-ring (bicyclic) bond motifs is 1. The molecular formula is C28H22BrClN2O3S. The maximum absolute atomic E-state index is 13.7. The molecule has 0 bridgehead atoms. The van der Waals surface area contributed by atoms with E-state index >= 15 is 0 Å². The van der Waals surface area contributed by atoms with Crippen LogP contribution in [0.5, 0.6) is 11.5 Å². The molecule has 8 heteroatoms. The molecule has 0 N–H and O–H groups in total. The first kappa shape index (κ1) is 24.6. The minimum absolute atomic E-state index is 0.106. The lowest BCUT2D eigenvalue weighted by atomic mass is 10.0. The van der Waals surface area contributed by atoms with Crippen molar-refractivity contribution in [1.82, 2.24) is 4.57 Å². The molecule has 1 aliphatic rings. The van der Waals surface area contributed by atoms with Crippen LogP contribution in [0.1, 0.15) is 29.7 Å². The molecule has 1 atom stereocenters. The molecule has 182 valence electrons. The number of methoxy groups -OCH3 is 1. The number of thiazole rings is 1. The lowest BCUT2D eigenvalue weighted by Crippen LogP contribution is -2.36. The van der Waals surface area contributed by atoms with E-state index in [1.54, 1.807) is 11.7 Å². The third-order valence-electron chi connectivity index (χ3n) is 5.77. The highest BCUT2D eigenvalue weighted by Crippen LogP contribution is 2.37. The SMILES string of the molecule is CCOc1c(Br)cc(C=c2sc3n(c2=O)C(c2ccc(Cl)cc2)C=C(c2ccccc2)N=3)cc1OC. The molecule has 2 heterocycles. The number of allylic oxidation sites excluding steroid dienone is 1. The molecule has 4 aromatic rings. The fourth-order valence-electron chi connectivity index (χ4n) is 4.11. The van der Waals surface area contributed by atoms with Crippen LogP contribution in [-0.2, 0) is 0 Å². The number of halogens is 2. The highest BCUT2D eigenvalue weighted by Gasteiger charge is 2.22. The molecule has 0 saturated heterocycles. The van der Waals surface area contributed by atoms with Crippen molar-refractivity contribution in [2.75, 3.05) is 13.7 Å². The number of ether oxygens (including phenoxy) is 2. The maximum Gasteiger partial charge on any atom is 0.271 e. The van der Waals surface area contributed by atoms with Gasteiger partial charge < -0.3 is 9.47 Å². The third-order valence-corrected chi connectivity index (χ3v) is 7.59. The van der Waals surface area contributed by atoms with Crippen LogP contribution in [0.25, 0.3) is 11.8 Å². The fourth-order valence-corrected chi connectivity index (χ4v) is 5.82. The Morgan fingerprint density at radius 3 is 2.58 bits per heavy atom. The second-order valence-corrected chi connectivity index (χ2v) is 10.4. The van der Waals surface area contributed by atoms with Gasteiger partial charge in [0.05, 0.1) is 34.5 Å². The molecule has 0 aliphatic carbocycles. The van der Waals surface area contributed by atoms with Gasteiger partial charge in [-0.25, -0.2) is 4.99 Å². The number of hydrogen-bond donors (Lipinski definition) is 0. The number of hydrogen-bond acceptors (Lipinski definition) is 5. The van der Waals surface area contributed by atoms with Gasteiger partial charge >= 0.3 is 0 Å². The average molecular weight is 582 g/mol. The first-order valence-electron chi connectivity index (χ1n) is 11.3. The zero-order valence-corrected chi connectivity index (χ0v) is 22.7. The third kappa shape index (κ3) is 4.78. The van der Waals surface area contributed by atoms with E-state index in [1.165, 1.54) is 11.3 Å². The van der Waals surface area contributed by atoms with Gasteiger partial charge in [-0.15, -0.1) is 0 Å². The van der Waals surface area contributed by atoms with Crippen molar-refractivity contribution in [3.63, 3.8) is 0 Å². The van der Waals surface area contributed by atoms with Gasteiger partial charge in [0.2, 0.25) is 0 Å². The summed E-state index contributed by atoms with van der Waals surface area (Å²) in [7, 11) is 1.60. The van der Waals surface area contributed by atoms with Crippen LogP contribution < -0.4 is 24.4 Å². The molecule has 1 unspecified atom stereocenters. The van der Waals surface area contributed by atoms with E-state index in [9.17, 15) is 4.79 Å². The van der Waals surface area contributed by atoms with Crippen LogP contribution >= 0.6 is 38.9 Å². The van der Waals surface area contributed by atoms with Gasteiger partial charge in [0.25, 0.3) is 5.56 Å². The monoisotopic (exact) mass is 580 g/mol. The molecule has 0 spiro atoms. The Morgan fingerprint density at radius 2 is 1.89 bits per heavy atom. The van der Waals surface area contributed by atoms with Crippen molar-refractivity contribution in [3.05, 3.63) is 119 Å². The zero-order chi connectivity index (χ0) is 25.2. The smallest absolute Gasteiger partial charge is 0.271 e. The molecule has 0 saturated carbocycles. The Labute approximate surface area is 225 Å². The molecule has 0 amide bonds. The second-order valence-electron chi connectivity index (χ2n) is 8.06. The standard InChI is InChI=1S/C28H22BrClN2O3S/c1-3-35-26-21(29)13-17(14-24(26)34-2)15-25-27(33)32-23(19-9-11-20(30)12-10-19)16-22(31-28(32)36-25)18-7-5-4-6-8-18/h4-16,23H,3H2,1-2H3. The summed E-state index contributed by atoms with van der Waals surface area (Å²) in [5.74, 6) is 1.23. The molecule has 1 aliphatic heterocycles. The highest BCUT2D eigenvalue weighted by atomic mass is 79.9. The van der Waals surface area contributed by atoms with Crippen LogP contribution in [0.2, 0.25) is 5.02 Å². The summed E-state index contributed by atoms with van der Waals surface area (Å²) in [6.07, 6.45) is 3.89. The summed E-state index contributed by atoms with van der Waals surface area (Å²) in [5.41, 5.74) is 3.49. The van der Waals surface area contributed by atoms with Crippen LogP contribution in [0, 0.1) is 0 Å². The largest absolute Gasteiger partial charge is 0.493 e. The summed E-state index contributed by atoms with van der Waals surface area (Å²) in [6, 6.07) is 21.0. The molecule has 3 aromatic carbocycles. The van der Waals surface area contributed by atoms with E-state index in [1.807, 2.05) is 85.8 Å². The lowest BCUT2D eigenvalue weighted by molar-refractivity contribution is 0.309. The summed E-state index contributed by atoms with van der Waals surface area (Å²) in [4.78, 5) is 19.2. The van der Waals surface area contributed by atoms with Gasteiger partial charge in [-0.1, -0.05) is 65.4 Å². The first-order valence-corrected chi connectivity index (χ1v) is 13.3. The topological polar surface area (TPSA) is 52.8 Å². The summed E-state index contributed by atoms with van der Waals surface area (Å²) in [6.45, 7) is 2.43. The van der Waals surface area contributed by atoms with Crippen LogP contribution in [0.4, 0.5) is 0 Å². The van der Waals surface area contributed by atoms with Crippen molar-refractivity contribution < 1.29 is 9.47 Å². The van der Waals surface area contributed by atoms with Crippen LogP contribution in [0.15, 0.2) is 87.1 Å². The summed E-state index contributed by atoms with van der Waals surface area (Å²) >= 11 is 11.1. The van der Waals surface area contributed by atoms with Crippen molar-refractivity contribution in [3.8, 4) is 11.5 Å². The quantitative estimate of drug-likeness (QED) is 0.288. The van der Waals surface area contributed by atoms with Crippen molar-refractivity contribution >= 4 is 50.6 Å². The van der Waals surface area contributed by atoms with Gasteiger partial charge in [-0.2, -0.15) is 0 Å². The van der Waals surface area contributed by atoms with E-state index in [4.69, 9.17) is 26.1 Å². The van der Waals surface area contributed by atoms with Crippen LogP contribution in [0.3, 0.4) is 0 Å². The molecule has 5 rings (SSSR count). The Kier molecular flexibility index (Phi) is 7.14. The van der Waals surface area contributed by atoms with Crippen LogP contribution in [-0.4, -0.2) is 18.3 Å². The highest BCUT2D eigenvalue weighted by molar-refractivity contribution is 9.10. The fraction of sp³-hybridized carbons (Fsp3) is 0.143. The van der Waals surface area contributed by atoms with E-state index in [2.05, 4.69) is 15.9 Å². The van der Waals surface area contributed by atoms with E-state index < -0.39 is 0 Å². The maximum atomic E-state index is 13.7. The molecule has 0 radical (unpaired) electrons. The van der Waals surface area contributed by atoms with E-state index in [-0.39, 0.29) is 11.6 Å².